The van der Waals surface area contributed by atoms with Crippen LogP contribution in [0.5, 0.6) is 11.5 Å². The molecule has 238 valence electrons. The highest BCUT2D eigenvalue weighted by atomic mass is 16.5. The maximum Gasteiger partial charge on any atom is 0.314 e. The van der Waals surface area contributed by atoms with E-state index in [1.54, 1.807) is 32.2 Å². The zero-order valence-corrected chi connectivity index (χ0v) is 25.7. The van der Waals surface area contributed by atoms with E-state index in [0.717, 1.165) is 18.4 Å². The molecule has 1 fully saturated rings. The maximum atomic E-state index is 13.5. The van der Waals surface area contributed by atoms with Crippen molar-refractivity contribution >= 4 is 23.7 Å². The highest BCUT2D eigenvalue weighted by Crippen LogP contribution is 2.43. The third-order valence-corrected chi connectivity index (χ3v) is 8.01. The molecule has 1 unspecified atom stereocenters. The van der Waals surface area contributed by atoms with E-state index in [9.17, 15) is 24.0 Å². The molecule has 1 aromatic heterocycles. The van der Waals surface area contributed by atoms with Gasteiger partial charge in [-0.15, -0.1) is 0 Å². The lowest BCUT2D eigenvalue weighted by Gasteiger charge is -2.32. The number of esters is 1. The van der Waals surface area contributed by atoms with Crippen molar-refractivity contribution in [1.82, 2.24) is 20.1 Å². The molecule has 44 heavy (non-hydrogen) atoms. The van der Waals surface area contributed by atoms with Gasteiger partial charge in [0.05, 0.1) is 19.1 Å². The monoisotopic (exact) mass is 610 g/mol. The number of pyridine rings is 1. The number of benzene rings is 1. The molecule has 1 atom stereocenters. The van der Waals surface area contributed by atoms with Gasteiger partial charge in [-0.25, -0.2) is 0 Å². The van der Waals surface area contributed by atoms with Crippen LogP contribution in [0.25, 0.3) is 0 Å². The first kappa shape index (κ1) is 32.6. The molecule has 1 saturated carbocycles. The molecule has 2 bridgehead atoms. The summed E-state index contributed by atoms with van der Waals surface area (Å²) in [6, 6.07) is 8.16. The van der Waals surface area contributed by atoms with Crippen molar-refractivity contribution < 1.29 is 33.4 Å². The number of amides is 3. The molecule has 2 N–H and O–H groups in total. The molecule has 12 heteroatoms. The molecule has 0 saturated heterocycles. The first-order valence-electron chi connectivity index (χ1n) is 15.1. The minimum Gasteiger partial charge on any atom is -0.493 e. The van der Waals surface area contributed by atoms with Crippen LogP contribution in [0.15, 0.2) is 41.3 Å². The average molecular weight is 611 g/mol. The Hall–Kier alpha value is -4.35. The zero-order chi connectivity index (χ0) is 31.7. The van der Waals surface area contributed by atoms with Crippen LogP contribution in [-0.2, 0) is 32.6 Å². The molecule has 2 heterocycles. The SMILES string of the molecule is CCOC(=O)C1(CC2CC2)CNC(=O)CCCN(C(=O)c2ccn(C)c(=O)c2)CCNC(=O)COc2cc(ccc2OC)C1. The van der Waals surface area contributed by atoms with Crippen molar-refractivity contribution in [3.8, 4) is 11.5 Å². The minimum absolute atomic E-state index is 0.0990. The van der Waals surface area contributed by atoms with Gasteiger partial charge in [-0.2, -0.15) is 0 Å². The highest BCUT2D eigenvalue weighted by Gasteiger charge is 2.44. The van der Waals surface area contributed by atoms with Crippen LogP contribution in [0, 0.1) is 11.3 Å². The number of aromatic nitrogens is 1. The standard InChI is InChI=1S/C32H42N4O8/c1-4-43-31(41)32(18-22-7-8-22)19-23-9-10-25(42-3)26(16-23)44-20-28(38)33-12-15-36(13-5-6-27(37)34-21-32)30(40)24-11-14-35(2)29(39)17-24/h9-11,14,16-17,22H,4-8,12-13,15,18-21H2,1-3H3,(H,33,38)(H,34,37). The third kappa shape index (κ3) is 8.61. The predicted octanol–water partition coefficient (Wildman–Crippen LogP) is 1.83. The van der Waals surface area contributed by atoms with Crippen LogP contribution >= 0.6 is 0 Å². The summed E-state index contributed by atoms with van der Waals surface area (Å²) < 4.78 is 18.2. The largest absolute Gasteiger partial charge is 0.493 e. The van der Waals surface area contributed by atoms with Crippen LogP contribution in [0.2, 0.25) is 0 Å². The second-order valence-corrected chi connectivity index (χ2v) is 11.5. The Labute approximate surface area is 257 Å². The van der Waals surface area contributed by atoms with Crippen LogP contribution < -0.4 is 25.7 Å². The Morgan fingerprint density at radius 3 is 2.57 bits per heavy atom. The summed E-state index contributed by atoms with van der Waals surface area (Å²) in [6.07, 6.45) is 4.87. The number of aryl methyl sites for hydroxylation is 1. The maximum absolute atomic E-state index is 13.5. The van der Waals surface area contributed by atoms with E-state index in [4.69, 9.17) is 14.2 Å². The fourth-order valence-electron chi connectivity index (χ4n) is 5.42. The van der Waals surface area contributed by atoms with E-state index >= 15 is 0 Å². The fourth-order valence-corrected chi connectivity index (χ4v) is 5.42. The molecule has 3 amide bonds. The summed E-state index contributed by atoms with van der Waals surface area (Å²) in [7, 11) is 3.09. The van der Waals surface area contributed by atoms with E-state index in [2.05, 4.69) is 10.6 Å². The van der Waals surface area contributed by atoms with Gasteiger partial charge in [-0.05, 0) is 55.9 Å². The molecule has 2 aliphatic rings. The van der Waals surface area contributed by atoms with Gasteiger partial charge in [0.25, 0.3) is 17.4 Å². The Morgan fingerprint density at radius 2 is 1.86 bits per heavy atom. The van der Waals surface area contributed by atoms with Crippen LogP contribution in [0.1, 0.15) is 54.9 Å². The van der Waals surface area contributed by atoms with Gasteiger partial charge in [-0.3, -0.25) is 24.0 Å². The Balaban J connectivity index is 1.61. The molecule has 12 nitrogen and oxygen atoms in total. The van der Waals surface area contributed by atoms with Gasteiger partial charge in [0, 0.05) is 57.5 Å². The third-order valence-electron chi connectivity index (χ3n) is 8.01. The van der Waals surface area contributed by atoms with Crippen molar-refractivity contribution in [3.63, 3.8) is 0 Å². The number of rotatable bonds is 6. The van der Waals surface area contributed by atoms with Gasteiger partial charge in [0.2, 0.25) is 5.91 Å². The molecular weight excluding hydrogens is 568 g/mol. The number of fused-ring (bicyclic) bond motifs is 2. The lowest BCUT2D eigenvalue weighted by Crippen LogP contribution is -2.46. The normalized spacial score (nSPS) is 20.3. The summed E-state index contributed by atoms with van der Waals surface area (Å²) in [5.74, 6) is -0.255. The quantitative estimate of drug-likeness (QED) is 0.472. The van der Waals surface area contributed by atoms with Crippen molar-refractivity contribution in [2.75, 3.05) is 46.5 Å². The second kappa shape index (κ2) is 14.9. The molecule has 1 aliphatic heterocycles. The number of hydrogen-bond acceptors (Lipinski definition) is 8. The predicted molar refractivity (Wildman–Crippen MR) is 161 cm³/mol. The van der Waals surface area contributed by atoms with Gasteiger partial charge < -0.3 is 34.3 Å². The molecule has 1 aliphatic carbocycles. The minimum atomic E-state index is -0.997. The smallest absolute Gasteiger partial charge is 0.314 e. The number of nitrogens with one attached hydrogen (secondary N) is 2. The molecule has 0 radical (unpaired) electrons. The first-order valence-corrected chi connectivity index (χ1v) is 15.1. The number of ether oxygens (including phenoxy) is 3. The van der Waals surface area contributed by atoms with E-state index < -0.39 is 11.3 Å². The van der Waals surface area contributed by atoms with Gasteiger partial charge in [-0.1, -0.05) is 18.9 Å². The van der Waals surface area contributed by atoms with E-state index in [-0.39, 0.29) is 74.7 Å². The second-order valence-electron chi connectivity index (χ2n) is 11.5. The van der Waals surface area contributed by atoms with E-state index in [1.165, 1.54) is 28.8 Å². The first-order chi connectivity index (χ1) is 21.1. The molecule has 4 rings (SSSR count). The van der Waals surface area contributed by atoms with E-state index in [0.29, 0.717) is 36.7 Å². The summed E-state index contributed by atoms with van der Waals surface area (Å²) in [5, 5.41) is 5.74. The summed E-state index contributed by atoms with van der Waals surface area (Å²) in [4.78, 5) is 66.3. The average Bonchev–Trinajstić information content (AvgIpc) is 3.82. The Morgan fingerprint density at radius 1 is 1.07 bits per heavy atom. The van der Waals surface area contributed by atoms with Gasteiger partial charge in [0.15, 0.2) is 18.1 Å². The lowest BCUT2D eigenvalue weighted by molar-refractivity contribution is -0.156. The Kier molecular flexibility index (Phi) is 11.0. The topological polar surface area (TPSA) is 145 Å². The van der Waals surface area contributed by atoms with Gasteiger partial charge >= 0.3 is 5.97 Å². The number of carbonyl (C=O) groups excluding carboxylic acids is 4. The summed E-state index contributed by atoms with van der Waals surface area (Å²) in [6.45, 7) is 2.31. The van der Waals surface area contributed by atoms with E-state index in [1.807, 2.05) is 6.07 Å². The van der Waals surface area contributed by atoms with Crippen LogP contribution in [-0.4, -0.2) is 79.7 Å². The number of carbonyl (C=O) groups is 4. The number of nitrogens with zero attached hydrogens (tertiary/aromatic N) is 2. The Bertz CT molecular complexity index is 1420. The van der Waals surface area contributed by atoms with Crippen molar-refractivity contribution in [2.45, 2.75) is 45.4 Å². The zero-order valence-electron chi connectivity index (χ0n) is 25.7. The fraction of sp³-hybridized carbons (Fsp3) is 0.531. The number of methoxy groups -OCH3 is 1. The molecule has 2 aromatic rings. The summed E-state index contributed by atoms with van der Waals surface area (Å²) in [5.41, 5.74) is -0.308. The summed E-state index contributed by atoms with van der Waals surface area (Å²) >= 11 is 0. The van der Waals surface area contributed by atoms with Crippen molar-refractivity contribution in [3.05, 3.63) is 58.0 Å². The lowest BCUT2D eigenvalue weighted by atomic mass is 9.76. The van der Waals surface area contributed by atoms with Crippen LogP contribution in [0.4, 0.5) is 0 Å². The number of hydrogen-bond donors (Lipinski definition) is 2. The van der Waals surface area contributed by atoms with Crippen LogP contribution in [0.3, 0.4) is 0 Å². The molecular formula is C32H42N4O8. The van der Waals surface area contributed by atoms with Crippen molar-refractivity contribution in [2.24, 2.45) is 18.4 Å². The molecule has 1 aromatic carbocycles. The van der Waals surface area contributed by atoms with Crippen molar-refractivity contribution in [1.29, 1.82) is 0 Å². The van der Waals surface area contributed by atoms with Gasteiger partial charge in [0.1, 0.15) is 0 Å². The highest BCUT2D eigenvalue weighted by molar-refractivity contribution is 5.94. The molecule has 0 spiro atoms.